The number of hydrogen-bond donors (Lipinski definition) is 2. The molecule has 2 aromatic rings. The van der Waals surface area contributed by atoms with E-state index in [9.17, 15) is 0 Å². The second kappa shape index (κ2) is 7.99. The molecule has 0 saturated heterocycles. The molecule has 0 aliphatic carbocycles. The molecule has 6 heteroatoms. The van der Waals surface area contributed by atoms with E-state index < -0.39 is 0 Å². The second-order valence-corrected chi connectivity index (χ2v) is 4.68. The third kappa shape index (κ3) is 4.03. The Labute approximate surface area is 125 Å². The molecule has 2 rings (SSSR count). The van der Waals surface area contributed by atoms with Gasteiger partial charge in [0, 0.05) is 18.7 Å². The van der Waals surface area contributed by atoms with Gasteiger partial charge in [-0.1, -0.05) is 30.3 Å². The first-order valence-corrected chi connectivity index (χ1v) is 6.55. The van der Waals surface area contributed by atoms with Crippen molar-refractivity contribution in [3.63, 3.8) is 0 Å². The zero-order valence-electron chi connectivity index (χ0n) is 11.8. The van der Waals surface area contributed by atoms with Crippen molar-refractivity contribution in [2.75, 3.05) is 13.2 Å². The number of hydrogen-bond acceptors (Lipinski definition) is 4. The van der Waals surface area contributed by atoms with E-state index in [1.54, 1.807) is 4.80 Å². The molecular formula is C14H21ClN4O. The molecule has 0 spiro atoms. The molecule has 2 N–H and O–H groups in total. The maximum Gasteiger partial charge on any atom is 0.117 e. The number of benzene rings is 1. The highest BCUT2D eigenvalue weighted by molar-refractivity contribution is 5.85. The Morgan fingerprint density at radius 3 is 2.50 bits per heavy atom. The Kier molecular flexibility index (Phi) is 6.64. The SMILES string of the molecule is CC(C)n1nc(CNCCO)c(-c2ccccc2)n1.Cl. The minimum atomic E-state index is 0. The second-order valence-electron chi connectivity index (χ2n) is 4.68. The van der Waals surface area contributed by atoms with Crippen LogP contribution >= 0.6 is 12.4 Å². The fourth-order valence-corrected chi connectivity index (χ4v) is 1.81. The predicted molar refractivity (Wildman–Crippen MR) is 81.9 cm³/mol. The third-order valence-corrected chi connectivity index (χ3v) is 2.79. The number of nitrogens with one attached hydrogen (secondary N) is 1. The van der Waals surface area contributed by atoms with Crippen molar-refractivity contribution in [3.05, 3.63) is 36.0 Å². The van der Waals surface area contributed by atoms with Crippen molar-refractivity contribution in [2.45, 2.75) is 26.4 Å². The molecule has 0 radical (unpaired) electrons. The van der Waals surface area contributed by atoms with E-state index in [0.717, 1.165) is 17.0 Å². The molecular weight excluding hydrogens is 276 g/mol. The number of nitrogens with zero attached hydrogens (tertiary/aromatic N) is 3. The molecule has 0 saturated carbocycles. The van der Waals surface area contributed by atoms with Crippen LogP contribution in [0.15, 0.2) is 30.3 Å². The maximum absolute atomic E-state index is 8.82. The summed E-state index contributed by atoms with van der Waals surface area (Å²) in [6, 6.07) is 10.3. The number of aliphatic hydroxyl groups is 1. The molecule has 0 amide bonds. The fraction of sp³-hybridized carbons (Fsp3) is 0.429. The summed E-state index contributed by atoms with van der Waals surface area (Å²) in [6.45, 7) is 5.40. The Bertz CT molecular complexity index is 513. The van der Waals surface area contributed by atoms with Gasteiger partial charge in [0.2, 0.25) is 0 Å². The zero-order valence-corrected chi connectivity index (χ0v) is 12.6. The number of aromatic nitrogens is 3. The molecule has 1 heterocycles. The largest absolute Gasteiger partial charge is 0.395 e. The minimum Gasteiger partial charge on any atom is -0.395 e. The molecule has 5 nitrogen and oxygen atoms in total. The highest BCUT2D eigenvalue weighted by Gasteiger charge is 2.13. The molecule has 1 aromatic carbocycles. The molecule has 0 aliphatic rings. The van der Waals surface area contributed by atoms with Gasteiger partial charge in [-0.05, 0) is 13.8 Å². The van der Waals surface area contributed by atoms with Gasteiger partial charge in [-0.25, -0.2) is 0 Å². The van der Waals surface area contributed by atoms with Gasteiger partial charge in [0.15, 0.2) is 0 Å². The van der Waals surface area contributed by atoms with Gasteiger partial charge < -0.3 is 10.4 Å². The lowest BCUT2D eigenvalue weighted by atomic mass is 10.1. The van der Waals surface area contributed by atoms with Crippen LogP contribution in [0.3, 0.4) is 0 Å². The van der Waals surface area contributed by atoms with Gasteiger partial charge >= 0.3 is 0 Å². The first-order chi connectivity index (χ1) is 9.22. The van der Waals surface area contributed by atoms with Crippen LogP contribution in [-0.2, 0) is 6.54 Å². The van der Waals surface area contributed by atoms with Crippen LogP contribution in [-0.4, -0.2) is 33.3 Å². The average molecular weight is 297 g/mol. The third-order valence-electron chi connectivity index (χ3n) is 2.79. The summed E-state index contributed by atoms with van der Waals surface area (Å²) in [6.07, 6.45) is 0. The van der Waals surface area contributed by atoms with E-state index in [0.29, 0.717) is 13.1 Å². The predicted octanol–water partition coefficient (Wildman–Crippen LogP) is 2.03. The summed E-state index contributed by atoms with van der Waals surface area (Å²) in [4.78, 5) is 1.73. The summed E-state index contributed by atoms with van der Waals surface area (Å²) >= 11 is 0. The number of aliphatic hydroxyl groups excluding tert-OH is 1. The lowest BCUT2D eigenvalue weighted by molar-refractivity contribution is 0.291. The maximum atomic E-state index is 8.82. The van der Waals surface area contributed by atoms with Crippen LogP contribution in [0.4, 0.5) is 0 Å². The van der Waals surface area contributed by atoms with E-state index in [1.165, 1.54) is 0 Å². The Hall–Kier alpha value is -1.43. The smallest absolute Gasteiger partial charge is 0.117 e. The van der Waals surface area contributed by atoms with E-state index in [2.05, 4.69) is 29.4 Å². The lowest BCUT2D eigenvalue weighted by Crippen LogP contribution is -2.18. The standard InChI is InChI=1S/C14H20N4O.ClH/c1-11(2)18-16-13(10-15-8-9-19)14(17-18)12-6-4-3-5-7-12;/h3-7,11,15,19H,8-10H2,1-2H3;1H. The average Bonchev–Trinajstić information content (AvgIpc) is 2.84. The first kappa shape index (κ1) is 16.6. The summed E-state index contributed by atoms with van der Waals surface area (Å²) in [5, 5.41) is 21.0. The molecule has 0 atom stereocenters. The number of rotatable bonds is 6. The van der Waals surface area contributed by atoms with Crippen molar-refractivity contribution in [3.8, 4) is 11.3 Å². The van der Waals surface area contributed by atoms with E-state index in [1.807, 2.05) is 30.3 Å². The van der Waals surface area contributed by atoms with Crippen LogP contribution in [0.1, 0.15) is 25.6 Å². The van der Waals surface area contributed by atoms with Gasteiger partial charge in [-0.3, -0.25) is 0 Å². The van der Waals surface area contributed by atoms with Crippen LogP contribution in [0.2, 0.25) is 0 Å². The van der Waals surface area contributed by atoms with Gasteiger partial charge in [0.1, 0.15) is 11.4 Å². The molecule has 1 aromatic heterocycles. The van der Waals surface area contributed by atoms with Crippen molar-refractivity contribution in [1.82, 2.24) is 20.3 Å². The number of halogens is 1. The van der Waals surface area contributed by atoms with Crippen LogP contribution in [0, 0.1) is 0 Å². The van der Waals surface area contributed by atoms with Crippen molar-refractivity contribution >= 4 is 12.4 Å². The molecule has 110 valence electrons. The quantitative estimate of drug-likeness (QED) is 0.801. The van der Waals surface area contributed by atoms with E-state index in [-0.39, 0.29) is 25.1 Å². The molecule has 0 aliphatic heterocycles. The Balaban J connectivity index is 0.00000200. The monoisotopic (exact) mass is 296 g/mol. The van der Waals surface area contributed by atoms with Gasteiger partial charge in [0.25, 0.3) is 0 Å². The van der Waals surface area contributed by atoms with E-state index in [4.69, 9.17) is 5.11 Å². The van der Waals surface area contributed by atoms with Crippen LogP contribution < -0.4 is 5.32 Å². The van der Waals surface area contributed by atoms with Gasteiger partial charge in [0.05, 0.1) is 12.6 Å². The fourth-order valence-electron chi connectivity index (χ4n) is 1.81. The van der Waals surface area contributed by atoms with Gasteiger partial charge in [-0.2, -0.15) is 15.0 Å². The van der Waals surface area contributed by atoms with Crippen molar-refractivity contribution in [1.29, 1.82) is 0 Å². The van der Waals surface area contributed by atoms with Crippen molar-refractivity contribution < 1.29 is 5.11 Å². The lowest BCUT2D eigenvalue weighted by Gasteiger charge is -2.02. The summed E-state index contributed by atoms with van der Waals surface area (Å²) in [5.41, 5.74) is 2.88. The topological polar surface area (TPSA) is 63.0 Å². The summed E-state index contributed by atoms with van der Waals surface area (Å²) in [5.74, 6) is 0. The highest BCUT2D eigenvalue weighted by atomic mass is 35.5. The van der Waals surface area contributed by atoms with Gasteiger partial charge in [-0.15, -0.1) is 12.4 Å². The normalized spacial score (nSPS) is 10.6. The Morgan fingerprint density at radius 1 is 1.20 bits per heavy atom. The molecule has 0 bridgehead atoms. The van der Waals surface area contributed by atoms with Crippen LogP contribution in [0.5, 0.6) is 0 Å². The molecule has 0 unspecified atom stereocenters. The summed E-state index contributed by atoms with van der Waals surface area (Å²) < 4.78 is 0. The van der Waals surface area contributed by atoms with E-state index >= 15 is 0 Å². The minimum absolute atomic E-state index is 0. The highest BCUT2D eigenvalue weighted by Crippen LogP contribution is 2.20. The molecule has 20 heavy (non-hydrogen) atoms. The zero-order chi connectivity index (χ0) is 13.7. The molecule has 0 fully saturated rings. The van der Waals surface area contributed by atoms with Crippen LogP contribution in [0.25, 0.3) is 11.3 Å². The van der Waals surface area contributed by atoms with Crippen molar-refractivity contribution in [2.24, 2.45) is 0 Å². The summed E-state index contributed by atoms with van der Waals surface area (Å²) in [7, 11) is 0. The first-order valence-electron chi connectivity index (χ1n) is 6.55. The Morgan fingerprint density at radius 2 is 1.90 bits per heavy atom.